The molecule has 0 fully saturated rings. The fourth-order valence-electron chi connectivity index (χ4n) is 4.18. The molecule has 174 valence electrons. The van der Waals surface area contributed by atoms with Crippen LogP contribution in [0.1, 0.15) is 25.8 Å². The molecule has 3 atom stereocenters. The van der Waals surface area contributed by atoms with Crippen molar-refractivity contribution in [1.82, 2.24) is 0 Å². The van der Waals surface area contributed by atoms with E-state index in [1.165, 1.54) is 16.3 Å². The average Bonchev–Trinajstić information content (AvgIpc) is 2.84. The van der Waals surface area contributed by atoms with Gasteiger partial charge >= 0.3 is 14.4 Å². The van der Waals surface area contributed by atoms with Gasteiger partial charge < -0.3 is 9.47 Å². The highest BCUT2D eigenvalue weighted by atomic mass is 32.2. The summed E-state index contributed by atoms with van der Waals surface area (Å²) in [5.74, 6) is 0.0818. The van der Waals surface area contributed by atoms with Gasteiger partial charge in [0.1, 0.15) is 0 Å². The highest BCUT2D eigenvalue weighted by molar-refractivity contribution is 7.99. The highest BCUT2D eigenvalue weighted by Gasteiger charge is 2.50. The van der Waals surface area contributed by atoms with Gasteiger partial charge in [0, 0.05) is 23.2 Å². The van der Waals surface area contributed by atoms with Crippen molar-refractivity contribution in [2.75, 3.05) is 25.1 Å². The van der Waals surface area contributed by atoms with Crippen molar-refractivity contribution in [3.63, 3.8) is 0 Å². The van der Waals surface area contributed by atoms with E-state index < -0.39 is 20.0 Å². The Bertz CT molecular complexity index is 1040. The summed E-state index contributed by atoms with van der Waals surface area (Å²) in [4.78, 5) is 14.4. The van der Waals surface area contributed by atoms with Crippen LogP contribution in [0.5, 0.6) is 0 Å². The van der Waals surface area contributed by atoms with Crippen molar-refractivity contribution in [3.8, 4) is 0 Å². The van der Waals surface area contributed by atoms with Gasteiger partial charge in [0.2, 0.25) is 5.60 Å². The molecule has 0 bridgehead atoms. The number of carbonyl (C=O) groups excluding carboxylic acids is 1. The van der Waals surface area contributed by atoms with Crippen molar-refractivity contribution in [2.24, 2.45) is 5.92 Å². The molecular weight excluding hydrogens is 451 g/mol. The molecule has 6 heteroatoms. The van der Waals surface area contributed by atoms with Crippen molar-refractivity contribution in [1.29, 1.82) is 0 Å². The molecule has 0 aliphatic rings. The lowest BCUT2D eigenvalue weighted by Crippen LogP contribution is -2.52. The van der Waals surface area contributed by atoms with Gasteiger partial charge in [0.25, 0.3) is 0 Å². The van der Waals surface area contributed by atoms with Crippen LogP contribution in [0.15, 0.2) is 77.7 Å². The van der Waals surface area contributed by atoms with Crippen LogP contribution in [0, 0.1) is 5.92 Å². The van der Waals surface area contributed by atoms with Crippen LogP contribution in [0.4, 0.5) is 0 Å². The number of thioether (sulfide) groups is 1. The fraction of sp³-hybridized carbons (Fsp3) is 0.370. The van der Waals surface area contributed by atoms with E-state index in [1.807, 2.05) is 37.3 Å². The first-order chi connectivity index (χ1) is 16.1. The molecule has 0 spiro atoms. The lowest BCUT2D eigenvalue weighted by Gasteiger charge is -2.35. The first-order valence-corrected chi connectivity index (χ1v) is 13.5. The van der Waals surface area contributed by atoms with E-state index >= 15 is 0 Å². The summed E-state index contributed by atoms with van der Waals surface area (Å²) in [5.41, 5.74) is -0.0198. The Hall–Kier alpha value is -2.20. The Kier molecular flexibility index (Phi) is 9.93. The third-order valence-electron chi connectivity index (χ3n) is 5.83. The van der Waals surface area contributed by atoms with Crippen molar-refractivity contribution in [3.05, 3.63) is 78.4 Å². The molecule has 3 unspecified atom stereocenters. The number of aryl methyl sites for hydroxylation is 1. The van der Waals surface area contributed by atoms with Crippen LogP contribution in [-0.4, -0.2) is 36.7 Å². The number of rotatable bonds is 13. The molecule has 3 rings (SSSR count). The SMILES string of the molecule is CCOC(=O)C(C[PH+]=O)(OCC)C(CCc1ccccc1)CSc1cccc2ccccc12. The predicted molar refractivity (Wildman–Crippen MR) is 138 cm³/mol. The zero-order valence-electron chi connectivity index (χ0n) is 19.3. The van der Waals surface area contributed by atoms with Gasteiger partial charge in [-0.25, -0.2) is 4.79 Å². The summed E-state index contributed by atoms with van der Waals surface area (Å²) in [7, 11) is -0.650. The number of hydrogen-bond donors (Lipinski definition) is 0. The van der Waals surface area contributed by atoms with Gasteiger partial charge in [-0.15, -0.1) is 11.8 Å². The van der Waals surface area contributed by atoms with E-state index in [0.717, 1.165) is 17.7 Å². The number of benzene rings is 3. The Morgan fingerprint density at radius 2 is 1.70 bits per heavy atom. The largest absolute Gasteiger partial charge is 0.464 e. The third-order valence-corrected chi connectivity index (χ3v) is 7.74. The number of esters is 1. The zero-order valence-corrected chi connectivity index (χ0v) is 21.1. The highest BCUT2D eigenvalue weighted by Crippen LogP contribution is 2.37. The first kappa shape index (κ1) is 25.4. The van der Waals surface area contributed by atoms with Gasteiger partial charge in [-0.1, -0.05) is 71.3 Å². The van der Waals surface area contributed by atoms with E-state index in [4.69, 9.17) is 9.47 Å². The summed E-state index contributed by atoms with van der Waals surface area (Å²) in [6, 6.07) is 24.8. The van der Waals surface area contributed by atoms with E-state index in [1.54, 1.807) is 18.7 Å². The minimum atomic E-state index is -1.22. The summed E-state index contributed by atoms with van der Waals surface area (Å²) in [5, 5.41) is 2.38. The Morgan fingerprint density at radius 1 is 0.970 bits per heavy atom. The third kappa shape index (κ3) is 6.44. The molecule has 0 amide bonds. The van der Waals surface area contributed by atoms with Crippen molar-refractivity contribution < 1.29 is 18.8 Å². The van der Waals surface area contributed by atoms with Crippen LogP contribution in [0.25, 0.3) is 10.8 Å². The van der Waals surface area contributed by atoms with Gasteiger partial charge in [0.05, 0.1) is 6.61 Å². The Labute approximate surface area is 202 Å². The number of fused-ring (bicyclic) bond motifs is 1. The Morgan fingerprint density at radius 3 is 2.42 bits per heavy atom. The maximum Gasteiger partial charge on any atom is 0.343 e. The zero-order chi connectivity index (χ0) is 23.5. The smallest absolute Gasteiger partial charge is 0.343 e. The summed E-state index contributed by atoms with van der Waals surface area (Å²) in [6.45, 7) is 4.27. The summed E-state index contributed by atoms with van der Waals surface area (Å²) < 4.78 is 23.5. The standard InChI is InChI=1S/C27H31O4PS/c1-3-30-26(28)27(20-32-29,31-4-2)23(18-17-21-11-6-5-7-12-21)19-33-25-16-10-14-22-13-8-9-15-24(22)25/h5-16,23H,3-4,17-20H2,1-2H3/p+1. The minimum absolute atomic E-state index is 0.134. The van der Waals surface area contributed by atoms with Crippen LogP contribution in [0.3, 0.4) is 0 Å². The quantitative estimate of drug-likeness (QED) is 0.157. The topological polar surface area (TPSA) is 52.6 Å². The van der Waals surface area contributed by atoms with Crippen molar-refractivity contribution >= 4 is 37.0 Å². The first-order valence-electron chi connectivity index (χ1n) is 11.4. The number of hydrogen-bond acceptors (Lipinski definition) is 5. The minimum Gasteiger partial charge on any atom is -0.464 e. The van der Waals surface area contributed by atoms with Gasteiger partial charge in [0.15, 0.2) is 6.16 Å². The molecule has 33 heavy (non-hydrogen) atoms. The summed E-state index contributed by atoms with van der Waals surface area (Å²) >= 11 is 1.72. The molecule has 0 saturated carbocycles. The van der Waals surface area contributed by atoms with Crippen molar-refractivity contribution in [2.45, 2.75) is 37.2 Å². The monoisotopic (exact) mass is 483 g/mol. The fourth-order valence-corrected chi connectivity index (χ4v) is 6.26. The molecule has 3 aromatic carbocycles. The molecule has 0 aliphatic carbocycles. The van der Waals surface area contributed by atoms with Crippen LogP contribution in [-0.2, 0) is 25.3 Å². The molecule has 0 radical (unpaired) electrons. The molecule has 0 aliphatic heterocycles. The molecule has 0 heterocycles. The van der Waals surface area contributed by atoms with Crippen LogP contribution < -0.4 is 0 Å². The lowest BCUT2D eigenvalue weighted by molar-refractivity contribution is -0.175. The van der Waals surface area contributed by atoms with Crippen LogP contribution >= 0.6 is 20.2 Å². The second-order valence-electron chi connectivity index (χ2n) is 7.87. The maximum atomic E-state index is 13.2. The van der Waals surface area contributed by atoms with E-state index in [-0.39, 0.29) is 18.7 Å². The average molecular weight is 484 g/mol. The van der Waals surface area contributed by atoms with E-state index in [2.05, 4.69) is 42.5 Å². The van der Waals surface area contributed by atoms with Crippen LogP contribution in [0.2, 0.25) is 0 Å². The van der Waals surface area contributed by atoms with Gasteiger partial charge in [-0.3, -0.25) is 0 Å². The molecule has 4 nitrogen and oxygen atoms in total. The van der Waals surface area contributed by atoms with Gasteiger partial charge in [-0.05, 0) is 49.1 Å². The molecular formula is C27H32O4PS+. The predicted octanol–water partition coefficient (Wildman–Crippen LogP) is 6.54. The normalized spacial score (nSPS) is 14.1. The molecule has 3 aromatic rings. The lowest BCUT2D eigenvalue weighted by atomic mass is 9.85. The molecule has 0 aromatic heterocycles. The number of carbonyl (C=O) groups is 1. The molecule has 0 saturated heterocycles. The molecule has 0 N–H and O–H groups in total. The Balaban J connectivity index is 1.93. The van der Waals surface area contributed by atoms with Gasteiger partial charge in [-0.2, -0.15) is 0 Å². The second kappa shape index (κ2) is 12.9. The van der Waals surface area contributed by atoms with E-state index in [0.29, 0.717) is 12.4 Å². The summed E-state index contributed by atoms with van der Waals surface area (Å²) in [6.07, 6.45) is 1.66. The number of ether oxygens (including phenoxy) is 2. The van der Waals surface area contributed by atoms with E-state index in [9.17, 15) is 9.36 Å². The maximum absolute atomic E-state index is 13.2. The second-order valence-corrected chi connectivity index (χ2v) is 9.58.